The van der Waals surface area contributed by atoms with Crippen molar-refractivity contribution in [2.24, 2.45) is 5.92 Å². The second-order valence-electron chi connectivity index (χ2n) is 7.06. The molecule has 2 amide bonds. The maximum atomic E-state index is 12.5. The lowest BCUT2D eigenvalue weighted by molar-refractivity contribution is -0.121. The fourth-order valence-corrected chi connectivity index (χ4v) is 3.55. The number of hydrogen-bond acceptors (Lipinski definition) is 4. The number of aromatic nitrogens is 1. The Morgan fingerprint density at radius 3 is 2.71 bits per heavy atom. The zero-order chi connectivity index (χ0) is 17.3. The molecule has 6 nitrogen and oxygen atoms in total. The Balaban J connectivity index is 1.60. The Bertz CT molecular complexity index is 624. The van der Waals surface area contributed by atoms with Crippen LogP contribution >= 0.6 is 11.6 Å². The molecule has 1 atom stereocenters. The van der Waals surface area contributed by atoms with Crippen LogP contribution in [0.25, 0.3) is 0 Å². The third-order valence-corrected chi connectivity index (χ3v) is 4.94. The molecule has 2 aliphatic rings. The van der Waals surface area contributed by atoms with Crippen LogP contribution in [0.15, 0.2) is 18.3 Å². The van der Waals surface area contributed by atoms with E-state index >= 15 is 0 Å². The van der Waals surface area contributed by atoms with Gasteiger partial charge in [0.05, 0.1) is 17.3 Å². The molecule has 24 heavy (non-hydrogen) atoms. The van der Waals surface area contributed by atoms with E-state index in [1.807, 2.05) is 0 Å². The molecule has 0 radical (unpaired) electrons. The molecule has 3 heterocycles. The summed E-state index contributed by atoms with van der Waals surface area (Å²) in [5.41, 5.74) is 0.169. The zero-order valence-corrected chi connectivity index (χ0v) is 14.8. The summed E-state index contributed by atoms with van der Waals surface area (Å²) in [4.78, 5) is 30.5. The van der Waals surface area contributed by atoms with Crippen molar-refractivity contribution in [2.75, 3.05) is 13.1 Å². The number of rotatable bonds is 3. The highest BCUT2D eigenvalue weighted by molar-refractivity contribution is 6.29. The van der Waals surface area contributed by atoms with E-state index in [0.29, 0.717) is 42.6 Å². The third kappa shape index (κ3) is 3.54. The van der Waals surface area contributed by atoms with Crippen LogP contribution in [0.3, 0.4) is 0 Å². The van der Waals surface area contributed by atoms with Gasteiger partial charge in [0.1, 0.15) is 5.15 Å². The van der Waals surface area contributed by atoms with Crippen molar-refractivity contribution in [3.8, 4) is 0 Å². The maximum absolute atomic E-state index is 12.5. The van der Waals surface area contributed by atoms with Crippen LogP contribution in [0.2, 0.25) is 5.15 Å². The van der Waals surface area contributed by atoms with Crippen molar-refractivity contribution in [1.82, 2.24) is 20.5 Å². The van der Waals surface area contributed by atoms with Gasteiger partial charge in [0.15, 0.2) is 0 Å². The van der Waals surface area contributed by atoms with Crippen molar-refractivity contribution in [3.63, 3.8) is 0 Å². The van der Waals surface area contributed by atoms with Gasteiger partial charge in [-0.3, -0.25) is 14.9 Å². The molecule has 0 aromatic carbocycles. The van der Waals surface area contributed by atoms with Crippen molar-refractivity contribution in [1.29, 1.82) is 0 Å². The van der Waals surface area contributed by atoms with Crippen molar-refractivity contribution >= 4 is 23.4 Å². The van der Waals surface area contributed by atoms with Gasteiger partial charge in [-0.2, -0.15) is 0 Å². The van der Waals surface area contributed by atoms with Crippen molar-refractivity contribution in [3.05, 3.63) is 29.0 Å². The van der Waals surface area contributed by atoms with Crippen LogP contribution in [0.5, 0.6) is 0 Å². The van der Waals surface area contributed by atoms with Crippen molar-refractivity contribution in [2.45, 2.75) is 44.8 Å². The molecule has 1 unspecified atom stereocenters. The van der Waals surface area contributed by atoms with Crippen LogP contribution in [-0.2, 0) is 4.79 Å². The van der Waals surface area contributed by atoms with E-state index in [2.05, 4.69) is 29.5 Å². The molecule has 2 saturated heterocycles. The first-order valence-electron chi connectivity index (χ1n) is 8.39. The number of nitrogens with one attached hydrogen (secondary N) is 2. The molecule has 0 bridgehead atoms. The van der Waals surface area contributed by atoms with Gasteiger partial charge in [-0.15, -0.1) is 0 Å². The molecule has 2 aliphatic heterocycles. The maximum Gasteiger partial charge on any atom is 0.255 e. The van der Waals surface area contributed by atoms with E-state index in [1.165, 1.54) is 6.20 Å². The van der Waals surface area contributed by atoms with Gasteiger partial charge in [0.25, 0.3) is 5.91 Å². The zero-order valence-electron chi connectivity index (χ0n) is 14.0. The topological polar surface area (TPSA) is 74.3 Å². The highest BCUT2D eigenvalue weighted by Gasteiger charge is 2.45. The summed E-state index contributed by atoms with van der Waals surface area (Å²) >= 11 is 5.76. The molecule has 1 aromatic heterocycles. The number of likely N-dealkylation sites (tertiary alicyclic amines) is 1. The van der Waals surface area contributed by atoms with Crippen molar-refractivity contribution < 1.29 is 9.59 Å². The van der Waals surface area contributed by atoms with Crippen LogP contribution in [0.1, 0.15) is 43.5 Å². The number of piperidine rings is 1. The average Bonchev–Trinajstić information content (AvgIpc) is 2.83. The van der Waals surface area contributed by atoms with Gasteiger partial charge < -0.3 is 10.2 Å². The van der Waals surface area contributed by atoms with E-state index in [4.69, 9.17) is 11.6 Å². The van der Waals surface area contributed by atoms with Gasteiger partial charge in [-0.1, -0.05) is 25.4 Å². The SMILES string of the molecule is CC(C)CC1NC2(CCN(C(=O)c3ccc(Cl)nc3)CC2)NC1=O. The number of amides is 2. The Hall–Kier alpha value is -1.66. The predicted octanol–water partition coefficient (Wildman–Crippen LogP) is 1.80. The smallest absolute Gasteiger partial charge is 0.255 e. The number of carbonyl (C=O) groups is 2. The fraction of sp³-hybridized carbons (Fsp3) is 0.588. The van der Waals surface area contributed by atoms with Gasteiger partial charge in [0.2, 0.25) is 5.91 Å². The first kappa shape index (κ1) is 17.2. The highest BCUT2D eigenvalue weighted by Crippen LogP contribution is 2.27. The van der Waals surface area contributed by atoms with Gasteiger partial charge in [0, 0.05) is 32.1 Å². The second kappa shape index (κ2) is 6.69. The lowest BCUT2D eigenvalue weighted by Crippen LogP contribution is -2.58. The average molecular weight is 351 g/mol. The molecule has 2 fully saturated rings. The highest BCUT2D eigenvalue weighted by atomic mass is 35.5. The normalized spacial score (nSPS) is 22.9. The first-order chi connectivity index (χ1) is 11.4. The van der Waals surface area contributed by atoms with E-state index in [1.54, 1.807) is 17.0 Å². The summed E-state index contributed by atoms with van der Waals surface area (Å²) in [6, 6.07) is 3.18. The van der Waals surface area contributed by atoms with Gasteiger partial charge in [-0.25, -0.2) is 4.98 Å². The van der Waals surface area contributed by atoms with E-state index in [-0.39, 0.29) is 23.5 Å². The molecule has 3 rings (SSSR count). The Morgan fingerprint density at radius 2 is 2.12 bits per heavy atom. The second-order valence-corrected chi connectivity index (χ2v) is 7.45. The number of halogens is 1. The van der Waals surface area contributed by atoms with Crippen LogP contribution < -0.4 is 10.6 Å². The summed E-state index contributed by atoms with van der Waals surface area (Å²) in [5, 5.41) is 6.95. The summed E-state index contributed by atoms with van der Waals surface area (Å²) in [7, 11) is 0. The summed E-state index contributed by atoms with van der Waals surface area (Å²) < 4.78 is 0. The van der Waals surface area contributed by atoms with E-state index in [9.17, 15) is 9.59 Å². The first-order valence-corrected chi connectivity index (χ1v) is 8.77. The number of pyridine rings is 1. The van der Waals surface area contributed by atoms with E-state index in [0.717, 1.165) is 6.42 Å². The molecule has 130 valence electrons. The van der Waals surface area contributed by atoms with E-state index < -0.39 is 0 Å². The third-order valence-electron chi connectivity index (χ3n) is 4.72. The molecule has 0 aliphatic carbocycles. The molecular formula is C17H23ClN4O2. The minimum atomic E-state index is -0.369. The van der Waals surface area contributed by atoms with Crippen LogP contribution in [0, 0.1) is 5.92 Å². The van der Waals surface area contributed by atoms with Crippen LogP contribution in [-0.4, -0.2) is 46.5 Å². The summed E-state index contributed by atoms with van der Waals surface area (Å²) in [5.74, 6) is 0.491. The Morgan fingerprint density at radius 1 is 1.42 bits per heavy atom. The molecule has 2 N–H and O–H groups in total. The minimum Gasteiger partial charge on any atom is -0.338 e. The van der Waals surface area contributed by atoms with Gasteiger partial charge >= 0.3 is 0 Å². The summed E-state index contributed by atoms with van der Waals surface area (Å²) in [6.45, 7) is 5.43. The molecule has 1 aromatic rings. The Labute approximate surface area is 147 Å². The number of nitrogens with zero attached hydrogens (tertiary/aromatic N) is 2. The quantitative estimate of drug-likeness (QED) is 0.815. The largest absolute Gasteiger partial charge is 0.338 e. The Kier molecular flexibility index (Phi) is 4.78. The number of carbonyl (C=O) groups excluding carboxylic acids is 2. The minimum absolute atomic E-state index is 0.0444. The van der Waals surface area contributed by atoms with Gasteiger partial charge in [-0.05, 0) is 24.5 Å². The lowest BCUT2D eigenvalue weighted by atomic mass is 9.96. The molecule has 1 spiro atoms. The predicted molar refractivity (Wildman–Crippen MR) is 91.6 cm³/mol. The monoisotopic (exact) mass is 350 g/mol. The fourth-order valence-electron chi connectivity index (χ4n) is 3.44. The molecular weight excluding hydrogens is 328 g/mol. The molecule has 7 heteroatoms. The molecule has 0 saturated carbocycles. The lowest BCUT2D eigenvalue weighted by Gasteiger charge is -2.39. The summed E-state index contributed by atoms with van der Waals surface area (Å²) in [6.07, 6.45) is 3.75. The number of hydrogen-bond donors (Lipinski definition) is 2. The van der Waals surface area contributed by atoms with Crippen LogP contribution in [0.4, 0.5) is 0 Å². The standard InChI is InChI=1S/C17H23ClN4O2/c1-11(2)9-13-15(23)21-17(20-13)5-7-22(8-6-17)16(24)12-3-4-14(18)19-10-12/h3-4,10-11,13,20H,5-9H2,1-2H3,(H,21,23).